The maximum Gasteiger partial charge on any atom is 0.310 e. The van der Waals surface area contributed by atoms with E-state index in [1.165, 1.54) is 18.3 Å². The number of sulfone groups is 1. The molecule has 0 spiro atoms. The molecule has 3 N–H and O–H groups in total. The number of amides is 1. The van der Waals surface area contributed by atoms with E-state index in [9.17, 15) is 18.0 Å². The van der Waals surface area contributed by atoms with Gasteiger partial charge in [-0.1, -0.05) is 54.1 Å². The van der Waals surface area contributed by atoms with Crippen LogP contribution in [0.3, 0.4) is 0 Å². The first kappa shape index (κ1) is 36.3. The summed E-state index contributed by atoms with van der Waals surface area (Å²) in [6.45, 7) is 0.606. The summed E-state index contributed by atoms with van der Waals surface area (Å²) in [5.74, 6) is 0.317. The Morgan fingerprint density at radius 2 is 1.58 bits per heavy atom. The lowest BCUT2D eigenvalue weighted by Crippen LogP contribution is -2.24. The molecule has 1 saturated carbocycles. The Labute approximate surface area is 305 Å². The van der Waals surface area contributed by atoms with E-state index in [1.807, 2.05) is 24.3 Å². The second-order valence-corrected chi connectivity index (χ2v) is 14.5. The van der Waals surface area contributed by atoms with Crippen molar-refractivity contribution in [2.45, 2.75) is 42.0 Å². The van der Waals surface area contributed by atoms with Gasteiger partial charge in [0.25, 0.3) is 16.8 Å². The number of para-hydroxylation sites is 1. The standard InChI is InChI=1S/C36H36ClN7O7S/c1-38-33(46)28-9-5-6-10-30(28)41-32-29(37)20-39-36(42-32)40-26-17-15-23(16-18-26)19-31(45)49-21-24-11-13-25(14-12-24)22-50-34-35(44-51-43-34)52(47,48)27-7-3-2-4-8-27/h2-10,15-18,20,24-25H,11-14,19,21-22H2,1H3,(H,38,46)(H2,39,40,41,42). The molecule has 5 aromatic rings. The molecule has 6 rings (SSSR count). The summed E-state index contributed by atoms with van der Waals surface area (Å²) in [5, 5.41) is 16.0. The summed E-state index contributed by atoms with van der Waals surface area (Å²) in [7, 11) is -2.36. The van der Waals surface area contributed by atoms with Crippen LogP contribution in [0.15, 0.2) is 99.6 Å². The predicted molar refractivity (Wildman–Crippen MR) is 192 cm³/mol. The van der Waals surface area contributed by atoms with Crippen LogP contribution in [0.25, 0.3) is 0 Å². The van der Waals surface area contributed by atoms with Crippen molar-refractivity contribution in [3.8, 4) is 5.88 Å². The molecule has 0 saturated heterocycles. The Bertz CT molecular complexity index is 2110. The molecule has 52 heavy (non-hydrogen) atoms. The summed E-state index contributed by atoms with van der Waals surface area (Å²) >= 11 is 6.34. The zero-order valence-electron chi connectivity index (χ0n) is 28.1. The Morgan fingerprint density at radius 1 is 0.885 bits per heavy atom. The normalized spacial score (nSPS) is 15.7. The fraction of sp³-hybridized carbons (Fsp3) is 0.278. The molecule has 0 radical (unpaired) electrons. The topological polar surface area (TPSA) is 188 Å². The van der Waals surface area contributed by atoms with Crippen molar-refractivity contribution in [1.29, 1.82) is 0 Å². The Hall–Kier alpha value is -5.54. The molecule has 0 unspecified atom stereocenters. The highest BCUT2D eigenvalue weighted by Gasteiger charge is 2.30. The number of aromatic nitrogens is 4. The van der Waals surface area contributed by atoms with Gasteiger partial charge < -0.3 is 25.4 Å². The van der Waals surface area contributed by atoms with Crippen LogP contribution < -0.4 is 20.7 Å². The molecule has 270 valence electrons. The molecular weight excluding hydrogens is 710 g/mol. The van der Waals surface area contributed by atoms with E-state index >= 15 is 0 Å². The number of esters is 1. The van der Waals surface area contributed by atoms with Gasteiger partial charge in [0, 0.05) is 12.7 Å². The van der Waals surface area contributed by atoms with Gasteiger partial charge in [-0.15, -0.1) is 0 Å². The van der Waals surface area contributed by atoms with E-state index in [1.54, 1.807) is 49.5 Å². The Balaban J connectivity index is 0.933. The number of rotatable bonds is 14. The highest BCUT2D eigenvalue weighted by Crippen LogP contribution is 2.32. The lowest BCUT2D eigenvalue weighted by Gasteiger charge is -2.27. The summed E-state index contributed by atoms with van der Waals surface area (Å²) in [6, 6.07) is 22.2. The van der Waals surface area contributed by atoms with Gasteiger partial charge in [-0.05, 0) is 89.8 Å². The van der Waals surface area contributed by atoms with Crippen molar-refractivity contribution >= 4 is 56.5 Å². The van der Waals surface area contributed by atoms with Gasteiger partial charge in [-0.2, -0.15) is 4.98 Å². The van der Waals surface area contributed by atoms with E-state index in [0.717, 1.165) is 31.2 Å². The van der Waals surface area contributed by atoms with Crippen LogP contribution in [-0.2, 0) is 25.8 Å². The number of hydrogen-bond acceptors (Lipinski definition) is 13. The van der Waals surface area contributed by atoms with Gasteiger partial charge >= 0.3 is 5.97 Å². The average Bonchev–Trinajstić information content (AvgIpc) is 3.66. The molecule has 1 aliphatic rings. The van der Waals surface area contributed by atoms with Crippen molar-refractivity contribution in [1.82, 2.24) is 25.6 Å². The lowest BCUT2D eigenvalue weighted by atomic mass is 9.83. The number of hydrogen-bond donors (Lipinski definition) is 3. The Kier molecular flexibility index (Phi) is 11.6. The minimum absolute atomic E-state index is 0.0798. The van der Waals surface area contributed by atoms with Crippen molar-refractivity contribution < 1.29 is 32.1 Å². The minimum Gasteiger partial charge on any atom is -0.473 e. The molecule has 2 heterocycles. The first-order valence-electron chi connectivity index (χ1n) is 16.6. The van der Waals surface area contributed by atoms with Crippen molar-refractivity contribution in [3.05, 3.63) is 101 Å². The highest BCUT2D eigenvalue weighted by molar-refractivity contribution is 7.91. The van der Waals surface area contributed by atoms with Crippen LogP contribution in [0.4, 0.5) is 23.1 Å². The van der Waals surface area contributed by atoms with Crippen molar-refractivity contribution in [2.75, 3.05) is 30.9 Å². The van der Waals surface area contributed by atoms with E-state index < -0.39 is 9.84 Å². The third kappa shape index (κ3) is 9.03. The van der Waals surface area contributed by atoms with Crippen molar-refractivity contribution in [3.63, 3.8) is 0 Å². The molecule has 1 aliphatic carbocycles. The number of ether oxygens (including phenoxy) is 2. The lowest BCUT2D eigenvalue weighted by molar-refractivity contribution is -0.144. The van der Waals surface area contributed by atoms with E-state index in [2.05, 4.69) is 36.2 Å². The number of benzene rings is 3. The van der Waals surface area contributed by atoms with Gasteiger partial charge in [0.15, 0.2) is 5.82 Å². The van der Waals surface area contributed by atoms with E-state index in [0.29, 0.717) is 29.4 Å². The van der Waals surface area contributed by atoms with Crippen LogP contribution in [-0.4, -0.2) is 60.8 Å². The summed E-state index contributed by atoms with van der Waals surface area (Å²) in [6.07, 6.45) is 4.94. The third-order valence-electron chi connectivity index (χ3n) is 8.60. The van der Waals surface area contributed by atoms with Crippen LogP contribution in [0.5, 0.6) is 5.88 Å². The van der Waals surface area contributed by atoms with E-state index in [-0.39, 0.29) is 63.5 Å². The summed E-state index contributed by atoms with van der Waals surface area (Å²) < 4.78 is 41.9. The maximum absolute atomic E-state index is 12.9. The first-order chi connectivity index (χ1) is 25.2. The summed E-state index contributed by atoms with van der Waals surface area (Å²) in [4.78, 5) is 33.7. The second-order valence-electron chi connectivity index (χ2n) is 12.2. The first-order valence-corrected chi connectivity index (χ1v) is 18.4. The average molecular weight is 746 g/mol. The SMILES string of the molecule is CNC(=O)c1ccccc1Nc1nc(Nc2ccc(CC(=O)OCC3CCC(COc4nonc4S(=O)(=O)c4ccccc4)CC3)cc2)ncc1Cl. The monoisotopic (exact) mass is 745 g/mol. The van der Waals surface area contributed by atoms with Crippen LogP contribution >= 0.6 is 11.6 Å². The Morgan fingerprint density at radius 3 is 2.31 bits per heavy atom. The molecule has 1 fully saturated rings. The minimum atomic E-state index is -3.92. The smallest absolute Gasteiger partial charge is 0.310 e. The number of nitrogens with zero attached hydrogens (tertiary/aromatic N) is 4. The number of carbonyl (C=O) groups excluding carboxylic acids is 2. The number of nitrogens with one attached hydrogen (secondary N) is 3. The highest BCUT2D eigenvalue weighted by atomic mass is 35.5. The second kappa shape index (κ2) is 16.7. The summed E-state index contributed by atoms with van der Waals surface area (Å²) in [5.41, 5.74) is 2.47. The van der Waals surface area contributed by atoms with Gasteiger partial charge in [-0.3, -0.25) is 9.59 Å². The zero-order chi connectivity index (χ0) is 36.5. The molecule has 2 aromatic heterocycles. The molecular formula is C36H36ClN7O7S. The van der Waals surface area contributed by atoms with Gasteiger partial charge in [-0.25, -0.2) is 18.0 Å². The largest absolute Gasteiger partial charge is 0.473 e. The predicted octanol–water partition coefficient (Wildman–Crippen LogP) is 6.16. The molecule has 1 amide bonds. The third-order valence-corrected chi connectivity index (χ3v) is 10.5. The maximum atomic E-state index is 12.9. The van der Waals surface area contributed by atoms with Crippen LogP contribution in [0.2, 0.25) is 5.02 Å². The molecule has 0 aliphatic heterocycles. The van der Waals surface area contributed by atoms with Crippen molar-refractivity contribution in [2.24, 2.45) is 11.8 Å². The van der Waals surface area contributed by atoms with Gasteiger partial charge in [0.05, 0.1) is 42.0 Å². The van der Waals surface area contributed by atoms with Crippen LogP contribution in [0.1, 0.15) is 41.6 Å². The van der Waals surface area contributed by atoms with Gasteiger partial charge in [0.2, 0.25) is 15.8 Å². The molecule has 0 bridgehead atoms. The van der Waals surface area contributed by atoms with E-state index in [4.69, 9.17) is 25.7 Å². The number of anilines is 4. The fourth-order valence-electron chi connectivity index (χ4n) is 5.73. The molecule has 0 atom stereocenters. The fourth-order valence-corrected chi connectivity index (χ4v) is 7.06. The molecule has 16 heteroatoms. The zero-order valence-corrected chi connectivity index (χ0v) is 29.7. The van der Waals surface area contributed by atoms with Gasteiger partial charge in [0.1, 0.15) is 5.02 Å². The number of carbonyl (C=O) groups is 2. The quantitative estimate of drug-likeness (QED) is 0.110. The molecule has 3 aromatic carbocycles. The number of halogens is 1. The van der Waals surface area contributed by atoms with Crippen LogP contribution in [0, 0.1) is 11.8 Å². The molecule has 14 nitrogen and oxygen atoms in total.